The van der Waals surface area contributed by atoms with Crippen LogP contribution in [0.2, 0.25) is 0 Å². The number of aliphatic hydroxyl groups excluding tert-OH is 1. The first-order chi connectivity index (χ1) is 25.9. The predicted molar refractivity (Wildman–Crippen MR) is 186 cm³/mol. The van der Waals surface area contributed by atoms with E-state index >= 15 is 8.78 Å². The highest BCUT2D eigenvalue weighted by Crippen LogP contribution is 2.44. The lowest BCUT2D eigenvalue weighted by atomic mass is 9.74. The minimum absolute atomic E-state index is 0.00371. The maximum absolute atomic E-state index is 15.6. The highest BCUT2D eigenvalue weighted by Gasteiger charge is 2.59. The van der Waals surface area contributed by atoms with Gasteiger partial charge in [0.2, 0.25) is 29.0 Å². The van der Waals surface area contributed by atoms with Gasteiger partial charge in [-0.05, 0) is 61.1 Å². The molecule has 3 aliphatic rings. The lowest BCUT2D eigenvalue weighted by molar-refractivity contribution is -0.389. The number of cyclic esters (lactones) is 1. The van der Waals surface area contributed by atoms with E-state index in [9.17, 15) is 38.4 Å². The number of nitro groups is 1. The van der Waals surface area contributed by atoms with Crippen LogP contribution >= 0.6 is 0 Å². The summed E-state index contributed by atoms with van der Waals surface area (Å²) in [5, 5.41) is 23.5. The Labute approximate surface area is 322 Å². The largest absolute Gasteiger partial charge is 0.509 e. The smallest absolute Gasteiger partial charge is 0.480 e. The molecule has 19 heteroatoms. The Morgan fingerprint density at radius 2 is 1.57 bits per heavy atom. The first-order valence-electron chi connectivity index (χ1n) is 18.5. The van der Waals surface area contributed by atoms with E-state index < -0.39 is 141 Å². The van der Waals surface area contributed by atoms with Crippen LogP contribution in [0.5, 0.6) is 5.75 Å². The monoisotopic (exact) mass is 808 g/mol. The highest BCUT2D eigenvalue weighted by molar-refractivity contribution is 5.84. The number of ketones is 1. The Morgan fingerprint density at radius 3 is 2.12 bits per heavy atom. The summed E-state index contributed by atoms with van der Waals surface area (Å²) in [5.74, 6) is -17.6. The van der Waals surface area contributed by atoms with Gasteiger partial charge < -0.3 is 43.2 Å². The Bertz CT molecular complexity index is 1670. The minimum atomic E-state index is -2.47. The van der Waals surface area contributed by atoms with Crippen molar-refractivity contribution < 1.29 is 75.1 Å². The lowest BCUT2D eigenvalue weighted by Gasteiger charge is -2.48. The molecule has 15 nitrogen and oxygen atoms in total. The van der Waals surface area contributed by atoms with Crippen LogP contribution < -0.4 is 4.74 Å². The number of nitro benzene ring substituents is 1. The van der Waals surface area contributed by atoms with Crippen LogP contribution in [0, 0.1) is 57.1 Å². The van der Waals surface area contributed by atoms with Crippen molar-refractivity contribution in [2.75, 3.05) is 21.2 Å². The number of benzene rings is 1. The first-order valence-corrected chi connectivity index (χ1v) is 18.5. The van der Waals surface area contributed by atoms with Gasteiger partial charge >= 0.3 is 17.8 Å². The van der Waals surface area contributed by atoms with E-state index in [0.29, 0.717) is 6.42 Å². The average molecular weight is 809 g/mol. The second-order valence-electron chi connectivity index (χ2n) is 15.8. The Morgan fingerprint density at radius 1 is 0.964 bits per heavy atom. The first kappa shape index (κ1) is 45.1. The average Bonchev–Trinajstić information content (AvgIpc) is 3.45. The fourth-order valence-electron chi connectivity index (χ4n) is 8.41. The molecule has 0 amide bonds. The summed E-state index contributed by atoms with van der Waals surface area (Å²) in [6.07, 6.45) is -9.93. The third kappa shape index (κ3) is 8.33. The predicted octanol–water partition coefficient (Wildman–Crippen LogP) is 5.25. The molecule has 1 aromatic rings. The molecule has 3 fully saturated rings. The van der Waals surface area contributed by atoms with E-state index in [1.165, 1.54) is 41.7 Å². The number of carbonyl (C=O) groups is 3. The van der Waals surface area contributed by atoms with E-state index in [1.807, 2.05) is 0 Å². The molecule has 1 aromatic carbocycles. The normalized spacial score (nSPS) is 38.6. The van der Waals surface area contributed by atoms with E-state index in [2.05, 4.69) is 0 Å². The summed E-state index contributed by atoms with van der Waals surface area (Å²) in [6.45, 7) is 12.1. The van der Waals surface area contributed by atoms with E-state index in [1.54, 1.807) is 39.8 Å². The molecule has 0 radical (unpaired) electrons. The number of methoxy groups -OCH3 is 1. The quantitative estimate of drug-likeness (QED) is 0.0898. The van der Waals surface area contributed by atoms with Crippen molar-refractivity contribution in [3.8, 4) is 5.75 Å². The molecule has 3 saturated heterocycles. The molecule has 0 aromatic heterocycles. The van der Waals surface area contributed by atoms with Gasteiger partial charge in [-0.1, -0.05) is 27.7 Å². The third-order valence-corrected chi connectivity index (χ3v) is 11.6. The number of rotatable bonds is 8. The van der Waals surface area contributed by atoms with Crippen molar-refractivity contribution in [3.63, 3.8) is 0 Å². The molecule has 0 bridgehead atoms. The van der Waals surface area contributed by atoms with Gasteiger partial charge in [-0.2, -0.15) is 8.78 Å². The van der Waals surface area contributed by atoms with Crippen LogP contribution in [0.1, 0.15) is 74.7 Å². The number of carbonyl (C=O) groups excluding carboxylic acids is 3. The summed E-state index contributed by atoms with van der Waals surface area (Å²) in [6, 6.07) is -0.493. The molecule has 1 N–H and O–H groups in total. The fraction of sp³-hybridized carbons (Fsp3) is 0.757. The van der Waals surface area contributed by atoms with Crippen molar-refractivity contribution in [1.82, 2.24) is 4.90 Å². The molecular formula is C37H52F4N2O13. The number of hydrogen-bond donors (Lipinski definition) is 1. The molecule has 3 heterocycles. The molecular weight excluding hydrogens is 756 g/mol. The molecule has 4 rings (SSSR count). The van der Waals surface area contributed by atoms with Crippen molar-refractivity contribution in [2.45, 2.75) is 135 Å². The number of halogens is 4. The van der Waals surface area contributed by atoms with E-state index in [0.717, 1.165) is 0 Å². The van der Waals surface area contributed by atoms with Crippen molar-refractivity contribution in [3.05, 3.63) is 33.4 Å². The summed E-state index contributed by atoms with van der Waals surface area (Å²) < 4.78 is 101. The van der Waals surface area contributed by atoms with Gasteiger partial charge in [0.15, 0.2) is 18.0 Å². The number of fused-ring (bicyclic) bond motifs is 1. The Balaban J connectivity index is 1.99. The van der Waals surface area contributed by atoms with Gasteiger partial charge in [0, 0.05) is 25.0 Å². The van der Waals surface area contributed by atoms with Gasteiger partial charge in [-0.25, -0.2) is 13.6 Å². The highest BCUT2D eigenvalue weighted by atomic mass is 19.2. The molecule has 56 heavy (non-hydrogen) atoms. The molecule has 0 saturated carbocycles. The van der Waals surface area contributed by atoms with E-state index in [4.69, 9.17) is 33.2 Å². The summed E-state index contributed by atoms with van der Waals surface area (Å²) in [7, 11) is 4.76. The number of hydrogen-bond acceptors (Lipinski definition) is 14. The number of ether oxygens (including phenoxy) is 7. The summed E-state index contributed by atoms with van der Waals surface area (Å²) in [5.41, 5.74) is -5.23. The summed E-state index contributed by atoms with van der Waals surface area (Å²) in [4.78, 5) is 53.3. The van der Waals surface area contributed by atoms with Gasteiger partial charge in [0.05, 0.1) is 34.6 Å². The molecule has 0 unspecified atom stereocenters. The van der Waals surface area contributed by atoms with Crippen molar-refractivity contribution >= 4 is 23.6 Å². The lowest BCUT2D eigenvalue weighted by Crippen LogP contribution is -2.60. The zero-order valence-electron chi connectivity index (χ0n) is 33.3. The van der Waals surface area contributed by atoms with Gasteiger partial charge in [0.25, 0.3) is 0 Å². The van der Waals surface area contributed by atoms with Crippen LogP contribution in [-0.2, 0) is 38.0 Å². The van der Waals surface area contributed by atoms with Crippen LogP contribution in [-0.4, -0.2) is 114 Å². The second kappa shape index (κ2) is 17.1. The maximum atomic E-state index is 15.6. The topological polar surface area (TPSA) is 182 Å². The zero-order chi connectivity index (χ0) is 42.4. The molecule has 0 spiro atoms. The van der Waals surface area contributed by atoms with Crippen molar-refractivity contribution in [2.24, 2.45) is 23.7 Å². The molecule has 14 atom stereocenters. The minimum Gasteiger partial charge on any atom is -0.480 e. The molecule has 3 aliphatic heterocycles. The number of likely N-dealkylation sites (N-methyl/N-ethyl adjacent to an activating group) is 1. The number of esters is 1. The number of nitrogens with zero attached hydrogens (tertiary/aromatic N) is 2. The third-order valence-electron chi connectivity index (χ3n) is 11.6. The van der Waals surface area contributed by atoms with Gasteiger partial charge in [-0.3, -0.25) is 19.7 Å². The van der Waals surface area contributed by atoms with Crippen LogP contribution in [0.15, 0.2) is 0 Å². The summed E-state index contributed by atoms with van der Waals surface area (Å²) >= 11 is 0. The Kier molecular flexibility index (Phi) is 13.7. The van der Waals surface area contributed by atoms with Crippen molar-refractivity contribution in [1.29, 1.82) is 0 Å². The second-order valence-corrected chi connectivity index (χ2v) is 15.8. The number of Topliss-reactive ketones (excluding diaryl/α,β-unsaturated/α-hetero) is 1. The van der Waals surface area contributed by atoms with Crippen LogP contribution in [0.3, 0.4) is 0 Å². The SMILES string of the molecule is CC[C@H]1OC(=O)[C@H](C)[C@@H](Oc2c(F)c(F)c(F)c(F)c2[N+](=O)[O-])[C@H](C)[C@@H](O[C@@H]2O[C@H](C)C[C@H](N(C)C)[C@H]2O)[C@](C)(OC)C[C@@H](C)C(=O)[C@H](C)[C@H]2OC(=O)O[C@@]21C. The van der Waals surface area contributed by atoms with E-state index in [-0.39, 0.29) is 12.8 Å². The fourth-order valence-corrected chi connectivity index (χ4v) is 8.41. The maximum Gasteiger partial charge on any atom is 0.509 e. The number of aliphatic hydroxyl groups is 1. The van der Waals surface area contributed by atoms with Crippen LogP contribution in [0.25, 0.3) is 0 Å². The van der Waals surface area contributed by atoms with Crippen LogP contribution in [0.4, 0.5) is 28.0 Å². The molecule has 0 aliphatic carbocycles. The van der Waals surface area contributed by atoms with Gasteiger partial charge in [0.1, 0.15) is 24.1 Å². The zero-order valence-corrected chi connectivity index (χ0v) is 33.3. The standard InChI is InChI=1S/C37H52F4N2O13/c1-12-21-37(8)32(55-35(47)56-37)17(4)27(44)15(2)14-36(7,50-11)31(54-34-28(45)20(42(9)10)13-16(3)51-34)18(5)29(19(6)33(46)52-21)53-30-25(41)23(39)22(38)24(40)26(30)43(48)49/h15-21,28-29,31-32,34,45H,12-14H2,1-11H3/t15-,16-,17+,18+,19-,20+,21-,28-,29+,31-,32-,34+,36-,37-/m1/s1. The Hall–Kier alpha value is -3.65. The van der Waals surface area contributed by atoms with Gasteiger partial charge in [-0.15, -0.1) is 0 Å². The molecule has 316 valence electrons.